The molecular formula is C18H26N2O. The molecule has 1 aliphatic carbocycles. The van der Waals surface area contributed by atoms with Crippen molar-refractivity contribution < 1.29 is 4.79 Å². The number of anilines is 1. The molecule has 114 valence electrons. The normalized spacial score (nSPS) is 24.8. The molecule has 1 saturated carbocycles. The first-order valence-electron chi connectivity index (χ1n) is 8.36. The summed E-state index contributed by atoms with van der Waals surface area (Å²) in [6.07, 6.45) is 6.28. The van der Waals surface area contributed by atoms with Crippen molar-refractivity contribution in [2.24, 2.45) is 5.92 Å². The molecule has 0 aromatic heterocycles. The highest BCUT2D eigenvalue weighted by Gasteiger charge is 2.37. The Morgan fingerprint density at radius 3 is 2.86 bits per heavy atom. The van der Waals surface area contributed by atoms with Gasteiger partial charge in [-0.15, -0.1) is 0 Å². The van der Waals surface area contributed by atoms with Gasteiger partial charge in [-0.1, -0.05) is 6.42 Å². The molecule has 1 aromatic rings. The molecule has 2 atom stereocenters. The van der Waals surface area contributed by atoms with Gasteiger partial charge in [0, 0.05) is 30.4 Å². The van der Waals surface area contributed by atoms with Crippen molar-refractivity contribution >= 4 is 11.6 Å². The van der Waals surface area contributed by atoms with Gasteiger partial charge in [-0.25, -0.2) is 0 Å². The van der Waals surface area contributed by atoms with Crippen LogP contribution in [0.5, 0.6) is 0 Å². The van der Waals surface area contributed by atoms with Crippen LogP contribution in [0, 0.1) is 12.8 Å². The number of nitrogens with one attached hydrogen (secondary N) is 1. The van der Waals surface area contributed by atoms with Crippen LogP contribution in [0.1, 0.15) is 54.9 Å². The molecule has 2 aliphatic rings. The quantitative estimate of drug-likeness (QED) is 0.916. The van der Waals surface area contributed by atoms with E-state index in [2.05, 4.69) is 24.1 Å². The van der Waals surface area contributed by atoms with Crippen LogP contribution in [0.2, 0.25) is 0 Å². The standard InChI is InChI=1S/C18H26N2O/c1-3-19-16-10-9-15(12-13(16)2)18(21)20-11-5-7-14-6-4-8-17(14)20/h9-10,12,14,17,19H,3-8,11H2,1-2H3. The smallest absolute Gasteiger partial charge is 0.254 e. The van der Waals surface area contributed by atoms with Gasteiger partial charge in [0.05, 0.1) is 0 Å². The Hall–Kier alpha value is -1.51. The highest BCUT2D eigenvalue weighted by molar-refractivity contribution is 5.95. The number of amides is 1. The van der Waals surface area contributed by atoms with E-state index in [0.29, 0.717) is 6.04 Å². The van der Waals surface area contributed by atoms with Gasteiger partial charge in [-0.2, -0.15) is 0 Å². The molecular weight excluding hydrogens is 260 g/mol. The lowest BCUT2D eigenvalue weighted by Crippen LogP contribution is -2.46. The number of aryl methyl sites for hydroxylation is 1. The van der Waals surface area contributed by atoms with Gasteiger partial charge in [0.25, 0.3) is 5.91 Å². The molecule has 21 heavy (non-hydrogen) atoms. The number of fused-ring (bicyclic) bond motifs is 1. The average molecular weight is 286 g/mol. The molecule has 1 aromatic carbocycles. The van der Waals surface area contributed by atoms with Crippen molar-refractivity contribution in [3.05, 3.63) is 29.3 Å². The van der Waals surface area contributed by atoms with Gasteiger partial charge < -0.3 is 10.2 Å². The van der Waals surface area contributed by atoms with Gasteiger partial charge in [-0.05, 0) is 69.2 Å². The predicted molar refractivity (Wildman–Crippen MR) is 86.7 cm³/mol. The molecule has 0 bridgehead atoms. The molecule has 0 spiro atoms. The lowest BCUT2D eigenvalue weighted by atomic mass is 9.91. The summed E-state index contributed by atoms with van der Waals surface area (Å²) in [7, 11) is 0. The number of rotatable bonds is 3. The van der Waals surface area contributed by atoms with E-state index in [0.717, 1.165) is 35.8 Å². The fourth-order valence-corrected chi connectivity index (χ4v) is 4.06. The van der Waals surface area contributed by atoms with E-state index < -0.39 is 0 Å². The van der Waals surface area contributed by atoms with Crippen LogP contribution in [-0.4, -0.2) is 29.9 Å². The summed E-state index contributed by atoms with van der Waals surface area (Å²) >= 11 is 0. The van der Waals surface area contributed by atoms with Crippen LogP contribution in [0.4, 0.5) is 5.69 Å². The summed E-state index contributed by atoms with van der Waals surface area (Å²) in [6, 6.07) is 6.56. The number of hydrogen-bond acceptors (Lipinski definition) is 2. The van der Waals surface area contributed by atoms with E-state index in [4.69, 9.17) is 0 Å². The maximum absolute atomic E-state index is 12.9. The van der Waals surface area contributed by atoms with Crippen molar-refractivity contribution in [1.29, 1.82) is 0 Å². The van der Waals surface area contributed by atoms with E-state index >= 15 is 0 Å². The minimum Gasteiger partial charge on any atom is -0.385 e. The molecule has 3 rings (SSSR count). The first kappa shape index (κ1) is 14.4. The van der Waals surface area contributed by atoms with Crippen molar-refractivity contribution in [2.75, 3.05) is 18.4 Å². The second kappa shape index (κ2) is 6.08. The lowest BCUT2D eigenvalue weighted by molar-refractivity contribution is 0.0548. The Balaban J connectivity index is 1.79. The summed E-state index contributed by atoms with van der Waals surface area (Å²) in [5.74, 6) is 0.988. The monoisotopic (exact) mass is 286 g/mol. The fraction of sp³-hybridized carbons (Fsp3) is 0.611. The van der Waals surface area contributed by atoms with Gasteiger partial charge in [0.1, 0.15) is 0 Å². The molecule has 3 nitrogen and oxygen atoms in total. The number of carbonyl (C=O) groups is 1. The summed E-state index contributed by atoms with van der Waals surface area (Å²) in [6.45, 7) is 6.01. The Labute approximate surface area is 127 Å². The van der Waals surface area contributed by atoms with E-state index in [1.54, 1.807) is 0 Å². The van der Waals surface area contributed by atoms with Crippen LogP contribution >= 0.6 is 0 Å². The molecule has 2 unspecified atom stereocenters. The Morgan fingerprint density at radius 1 is 1.29 bits per heavy atom. The summed E-state index contributed by atoms with van der Waals surface area (Å²) in [5.41, 5.74) is 3.14. The zero-order valence-electron chi connectivity index (χ0n) is 13.2. The van der Waals surface area contributed by atoms with E-state index in [9.17, 15) is 4.79 Å². The minimum absolute atomic E-state index is 0.234. The number of carbonyl (C=O) groups excluding carboxylic acids is 1. The summed E-state index contributed by atoms with van der Waals surface area (Å²) in [4.78, 5) is 15.0. The van der Waals surface area contributed by atoms with Crippen LogP contribution in [-0.2, 0) is 0 Å². The molecule has 1 saturated heterocycles. The zero-order chi connectivity index (χ0) is 14.8. The molecule has 2 fully saturated rings. The zero-order valence-corrected chi connectivity index (χ0v) is 13.2. The largest absolute Gasteiger partial charge is 0.385 e. The van der Waals surface area contributed by atoms with E-state index in [1.165, 1.54) is 32.1 Å². The van der Waals surface area contributed by atoms with Crippen LogP contribution in [0.3, 0.4) is 0 Å². The summed E-state index contributed by atoms with van der Waals surface area (Å²) < 4.78 is 0. The maximum Gasteiger partial charge on any atom is 0.254 e. The van der Waals surface area contributed by atoms with E-state index in [1.807, 2.05) is 18.2 Å². The fourth-order valence-electron chi connectivity index (χ4n) is 4.06. The van der Waals surface area contributed by atoms with Crippen molar-refractivity contribution in [3.63, 3.8) is 0 Å². The third-order valence-electron chi connectivity index (χ3n) is 5.09. The van der Waals surface area contributed by atoms with Crippen LogP contribution in [0.15, 0.2) is 18.2 Å². The highest BCUT2D eigenvalue weighted by atomic mass is 16.2. The molecule has 3 heteroatoms. The Kier molecular flexibility index (Phi) is 4.18. The van der Waals surface area contributed by atoms with Crippen LogP contribution in [0.25, 0.3) is 0 Å². The molecule has 1 aliphatic heterocycles. The number of nitrogens with zero attached hydrogens (tertiary/aromatic N) is 1. The summed E-state index contributed by atoms with van der Waals surface area (Å²) in [5, 5.41) is 3.33. The Bertz CT molecular complexity index is 526. The molecule has 1 amide bonds. The average Bonchev–Trinajstić information content (AvgIpc) is 2.97. The number of piperidine rings is 1. The molecule has 0 radical (unpaired) electrons. The third-order valence-corrected chi connectivity index (χ3v) is 5.09. The first-order valence-corrected chi connectivity index (χ1v) is 8.36. The Morgan fingerprint density at radius 2 is 2.10 bits per heavy atom. The highest BCUT2D eigenvalue weighted by Crippen LogP contribution is 2.37. The van der Waals surface area contributed by atoms with Crippen molar-refractivity contribution in [3.8, 4) is 0 Å². The predicted octanol–water partition coefficient (Wildman–Crippen LogP) is 3.83. The van der Waals surface area contributed by atoms with Crippen molar-refractivity contribution in [2.45, 2.75) is 52.0 Å². The van der Waals surface area contributed by atoms with Gasteiger partial charge in [0.15, 0.2) is 0 Å². The maximum atomic E-state index is 12.9. The molecule has 1 heterocycles. The second-order valence-electron chi connectivity index (χ2n) is 6.46. The van der Waals surface area contributed by atoms with Crippen molar-refractivity contribution in [1.82, 2.24) is 4.90 Å². The molecule has 1 N–H and O–H groups in total. The number of likely N-dealkylation sites (tertiary alicyclic amines) is 1. The SMILES string of the molecule is CCNc1ccc(C(=O)N2CCCC3CCCC32)cc1C. The third kappa shape index (κ3) is 2.78. The van der Waals surface area contributed by atoms with E-state index in [-0.39, 0.29) is 5.91 Å². The van der Waals surface area contributed by atoms with Gasteiger partial charge >= 0.3 is 0 Å². The van der Waals surface area contributed by atoms with Gasteiger partial charge in [0.2, 0.25) is 0 Å². The lowest BCUT2D eigenvalue weighted by Gasteiger charge is -2.38. The van der Waals surface area contributed by atoms with Gasteiger partial charge in [-0.3, -0.25) is 4.79 Å². The van der Waals surface area contributed by atoms with Crippen LogP contribution < -0.4 is 5.32 Å². The number of benzene rings is 1. The topological polar surface area (TPSA) is 32.3 Å². The second-order valence-corrected chi connectivity index (χ2v) is 6.46. The minimum atomic E-state index is 0.234. The number of hydrogen-bond donors (Lipinski definition) is 1. The first-order chi connectivity index (χ1) is 10.2.